The summed E-state index contributed by atoms with van der Waals surface area (Å²) >= 11 is 0. The zero-order valence-corrected chi connectivity index (χ0v) is 12.6. The van der Waals surface area contributed by atoms with E-state index in [1.165, 1.54) is 6.08 Å². The van der Waals surface area contributed by atoms with Crippen LogP contribution in [-0.2, 0) is 11.2 Å². The zero-order valence-electron chi connectivity index (χ0n) is 12.6. The summed E-state index contributed by atoms with van der Waals surface area (Å²) in [5, 5.41) is 10.2. The van der Waals surface area contributed by atoms with Gasteiger partial charge in [0.25, 0.3) is 5.91 Å². The van der Waals surface area contributed by atoms with E-state index in [0.717, 1.165) is 11.1 Å². The molecule has 0 spiro atoms. The van der Waals surface area contributed by atoms with E-state index in [-0.39, 0.29) is 11.6 Å². The van der Waals surface area contributed by atoms with Gasteiger partial charge in [0.1, 0.15) is 0 Å². The number of carbonyl (C=O) groups is 2. The molecule has 0 saturated heterocycles. The van der Waals surface area contributed by atoms with Crippen LogP contribution in [0.2, 0.25) is 0 Å². The maximum atomic E-state index is 11.8. The quantitative estimate of drug-likeness (QED) is 0.549. The summed E-state index contributed by atoms with van der Waals surface area (Å²) in [7, 11) is 0. The normalized spacial score (nSPS) is 11.1. The summed E-state index contributed by atoms with van der Waals surface area (Å²) in [6.45, 7) is 5.91. The van der Waals surface area contributed by atoms with E-state index in [2.05, 4.69) is 5.32 Å². The van der Waals surface area contributed by atoms with Crippen molar-refractivity contribution in [2.75, 3.05) is 6.54 Å². The molecular formula is C16H21N3O2. The standard InChI is InChI=1S/C16H21N3O2/c1-4-19-16(21)13-6-5-12(10(2)7-13)9-14(15(18)20)8-11(3)17/h5-8,17H,4,9H2,1-3H3,(H2,18,20)(H,19,21)/b14-8-,17-11?. The molecule has 5 heteroatoms. The molecule has 0 aliphatic carbocycles. The summed E-state index contributed by atoms with van der Waals surface area (Å²) < 4.78 is 0. The number of carbonyl (C=O) groups excluding carboxylic acids is 2. The van der Waals surface area contributed by atoms with E-state index in [0.29, 0.717) is 24.1 Å². The lowest BCUT2D eigenvalue weighted by Crippen LogP contribution is -2.22. The zero-order chi connectivity index (χ0) is 16.0. The Bertz CT molecular complexity index is 604. The fraction of sp³-hybridized carbons (Fsp3) is 0.312. The average Bonchev–Trinajstić information content (AvgIpc) is 2.39. The van der Waals surface area contributed by atoms with Crippen LogP contribution in [0.25, 0.3) is 0 Å². The molecule has 1 aromatic carbocycles. The second-order valence-corrected chi connectivity index (χ2v) is 4.89. The molecule has 0 aliphatic heterocycles. The highest BCUT2D eigenvalue weighted by Crippen LogP contribution is 2.15. The fourth-order valence-electron chi connectivity index (χ4n) is 1.97. The van der Waals surface area contributed by atoms with Crippen molar-refractivity contribution >= 4 is 17.5 Å². The summed E-state index contributed by atoms with van der Waals surface area (Å²) in [6.07, 6.45) is 1.83. The second kappa shape index (κ2) is 7.38. The maximum absolute atomic E-state index is 11.8. The van der Waals surface area contributed by atoms with Crippen molar-refractivity contribution < 1.29 is 9.59 Å². The second-order valence-electron chi connectivity index (χ2n) is 4.89. The van der Waals surface area contributed by atoms with Crippen molar-refractivity contribution in [3.63, 3.8) is 0 Å². The number of nitrogens with two attached hydrogens (primary N) is 1. The van der Waals surface area contributed by atoms with Gasteiger partial charge in [-0.25, -0.2) is 0 Å². The Labute approximate surface area is 124 Å². The third kappa shape index (κ3) is 4.87. The van der Waals surface area contributed by atoms with Crippen molar-refractivity contribution in [1.29, 1.82) is 5.41 Å². The minimum Gasteiger partial charge on any atom is -0.366 e. The highest BCUT2D eigenvalue weighted by atomic mass is 16.2. The molecule has 21 heavy (non-hydrogen) atoms. The molecule has 0 radical (unpaired) electrons. The predicted molar refractivity (Wildman–Crippen MR) is 83.6 cm³/mol. The van der Waals surface area contributed by atoms with Gasteiger partial charge in [0.2, 0.25) is 5.91 Å². The minimum absolute atomic E-state index is 0.117. The molecule has 4 N–H and O–H groups in total. The number of benzene rings is 1. The van der Waals surface area contributed by atoms with Gasteiger partial charge in [0, 0.05) is 29.8 Å². The number of rotatable bonds is 6. The van der Waals surface area contributed by atoms with Gasteiger partial charge in [0.05, 0.1) is 0 Å². The Balaban J connectivity index is 3.02. The molecule has 0 saturated carbocycles. The summed E-state index contributed by atoms with van der Waals surface area (Å²) in [5.74, 6) is -0.651. The molecule has 0 bridgehead atoms. The number of amides is 2. The van der Waals surface area contributed by atoms with Gasteiger partial charge in [-0.1, -0.05) is 6.07 Å². The van der Waals surface area contributed by atoms with E-state index in [1.54, 1.807) is 19.1 Å². The van der Waals surface area contributed by atoms with Crippen LogP contribution in [0.4, 0.5) is 0 Å². The summed E-state index contributed by atoms with van der Waals surface area (Å²) in [5.41, 5.74) is 8.41. The third-order valence-electron chi connectivity index (χ3n) is 3.03. The maximum Gasteiger partial charge on any atom is 0.251 e. The molecule has 5 nitrogen and oxygen atoms in total. The fourth-order valence-corrected chi connectivity index (χ4v) is 1.97. The summed E-state index contributed by atoms with van der Waals surface area (Å²) in [6, 6.07) is 5.33. The Morgan fingerprint density at radius 2 is 2.05 bits per heavy atom. The van der Waals surface area contributed by atoms with Crippen LogP contribution < -0.4 is 11.1 Å². The first-order valence-electron chi connectivity index (χ1n) is 6.78. The van der Waals surface area contributed by atoms with Crippen LogP contribution in [0.3, 0.4) is 0 Å². The van der Waals surface area contributed by atoms with Crippen molar-refractivity contribution in [1.82, 2.24) is 5.32 Å². The number of primary amides is 1. The molecule has 2 amide bonds. The van der Waals surface area contributed by atoms with Crippen LogP contribution in [0.15, 0.2) is 29.8 Å². The molecule has 0 unspecified atom stereocenters. The van der Waals surface area contributed by atoms with E-state index < -0.39 is 5.91 Å². The van der Waals surface area contributed by atoms with E-state index in [9.17, 15) is 9.59 Å². The Kier molecular flexibility index (Phi) is 5.84. The highest BCUT2D eigenvalue weighted by molar-refractivity contribution is 6.01. The first kappa shape index (κ1) is 16.6. The largest absolute Gasteiger partial charge is 0.366 e. The molecule has 0 fully saturated rings. The third-order valence-corrected chi connectivity index (χ3v) is 3.03. The molecule has 112 valence electrons. The van der Waals surface area contributed by atoms with Gasteiger partial charge in [-0.3, -0.25) is 9.59 Å². The van der Waals surface area contributed by atoms with E-state index in [4.69, 9.17) is 11.1 Å². The minimum atomic E-state index is -0.534. The van der Waals surface area contributed by atoms with Crippen LogP contribution in [0.1, 0.15) is 35.3 Å². The van der Waals surface area contributed by atoms with Gasteiger partial charge >= 0.3 is 0 Å². The van der Waals surface area contributed by atoms with Crippen LogP contribution in [0.5, 0.6) is 0 Å². The number of nitrogens with one attached hydrogen (secondary N) is 2. The topological polar surface area (TPSA) is 96.0 Å². The highest BCUT2D eigenvalue weighted by Gasteiger charge is 2.11. The average molecular weight is 287 g/mol. The Morgan fingerprint density at radius 3 is 2.52 bits per heavy atom. The lowest BCUT2D eigenvalue weighted by molar-refractivity contribution is -0.114. The van der Waals surface area contributed by atoms with Crippen LogP contribution >= 0.6 is 0 Å². The van der Waals surface area contributed by atoms with Gasteiger partial charge in [-0.15, -0.1) is 0 Å². The SMILES string of the molecule is CCNC(=O)c1ccc(C/C(=C/C(C)=N)C(N)=O)c(C)c1. The first-order chi connectivity index (χ1) is 9.85. The molecule has 0 heterocycles. The Morgan fingerprint density at radius 1 is 1.38 bits per heavy atom. The number of hydrogen-bond donors (Lipinski definition) is 3. The lowest BCUT2D eigenvalue weighted by atomic mass is 9.97. The van der Waals surface area contributed by atoms with Crippen molar-refractivity contribution in [2.24, 2.45) is 5.73 Å². The molecular weight excluding hydrogens is 266 g/mol. The van der Waals surface area contributed by atoms with Gasteiger partial charge in [0.15, 0.2) is 0 Å². The number of hydrogen-bond acceptors (Lipinski definition) is 3. The molecule has 0 atom stereocenters. The Hall–Kier alpha value is -2.43. The molecule has 1 aromatic rings. The molecule has 1 rings (SSSR count). The monoisotopic (exact) mass is 287 g/mol. The van der Waals surface area contributed by atoms with Gasteiger partial charge in [-0.05, 0) is 50.1 Å². The number of aryl methyl sites for hydroxylation is 1. The van der Waals surface area contributed by atoms with Gasteiger partial charge in [-0.2, -0.15) is 0 Å². The van der Waals surface area contributed by atoms with Crippen LogP contribution in [-0.4, -0.2) is 24.1 Å². The van der Waals surface area contributed by atoms with Crippen molar-refractivity contribution in [3.8, 4) is 0 Å². The smallest absolute Gasteiger partial charge is 0.251 e. The lowest BCUT2D eigenvalue weighted by Gasteiger charge is -2.10. The summed E-state index contributed by atoms with van der Waals surface area (Å²) in [4.78, 5) is 23.2. The van der Waals surface area contributed by atoms with Gasteiger partial charge < -0.3 is 16.5 Å². The predicted octanol–water partition coefficient (Wildman–Crippen LogP) is 1.74. The number of allylic oxidation sites excluding steroid dienone is 1. The van der Waals surface area contributed by atoms with Crippen molar-refractivity contribution in [3.05, 3.63) is 46.5 Å². The van der Waals surface area contributed by atoms with E-state index >= 15 is 0 Å². The molecule has 0 aliphatic rings. The van der Waals surface area contributed by atoms with Crippen LogP contribution in [0, 0.1) is 12.3 Å². The first-order valence-corrected chi connectivity index (χ1v) is 6.78. The van der Waals surface area contributed by atoms with Crippen molar-refractivity contribution in [2.45, 2.75) is 27.2 Å². The van der Waals surface area contributed by atoms with E-state index in [1.807, 2.05) is 19.9 Å². The molecule has 0 aromatic heterocycles.